The summed E-state index contributed by atoms with van der Waals surface area (Å²) >= 11 is 0. The highest BCUT2D eigenvalue weighted by Crippen LogP contribution is 2.12. The van der Waals surface area contributed by atoms with Crippen LogP contribution in [-0.2, 0) is 19.4 Å². The van der Waals surface area contributed by atoms with Crippen LogP contribution in [0, 0.1) is 0 Å². The first-order chi connectivity index (χ1) is 15.7. The molecule has 0 radical (unpaired) electrons. The second-order valence-corrected chi connectivity index (χ2v) is 8.31. The quantitative estimate of drug-likeness (QED) is 0.412. The Morgan fingerprint density at radius 2 is 1.94 bits per heavy atom. The molecule has 3 rings (SSSR count). The molecular formula is C24H39N7O. The highest BCUT2D eigenvalue weighted by Gasteiger charge is 2.19. The molecule has 1 aliphatic rings. The Morgan fingerprint density at radius 1 is 1.16 bits per heavy atom. The van der Waals surface area contributed by atoms with Gasteiger partial charge in [-0.2, -0.15) is 0 Å². The number of nitrogens with zero attached hydrogens (tertiary/aromatic N) is 5. The Balaban J connectivity index is 1.54. The topological polar surface area (TPSA) is 79.6 Å². The minimum Gasteiger partial charge on any atom is -0.497 e. The maximum atomic E-state index is 5.25. The van der Waals surface area contributed by atoms with Crippen LogP contribution in [0.15, 0.2) is 35.6 Å². The monoisotopic (exact) mass is 441 g/mol. The number of rotatable bonds is 11. The number of likely N-dealkylation sites (tertiary alicyclic amines) is 1. The van der Waals surface area contributed by atoms with E-state index in [2.05, 4.69) is 56.3 Å². The van der Waals surface area contributed by atoms with E-state index in [9.17, 15) is 0 Å². The van der Waals surface area contributed by atoms with Crippen molar-refractivity contribution in [2.24, 2.45) is 4.99 Å². The van der Waals surface area contributed by atoms with Crippen LogP contribution in [0.4, 0.5) is 0 Å². The van der Waals surface area contributed by atoms with E-state index in [-0.39, 0.29) is 0 Å². The molecule has 1 aromatic heterocycles. The van der Waals surface area contributed by atoms with Crippen molar-refractivity contribution in [3.63, 3.8) is 0 Å². The first kappa shape index (κ1) is 24.0. The maximum absolute atomic E-state index is 5.25. The zero-order chi connectivity index (χ0) is 22.6. The van der Waals surface area contributed by atoms with Crippen molar-refractivity contribution >= 4 is 5.96 Å². The molecule has 8 heteroatoms. The van der Waals surface area contributed by atoms with Gasteiger partial charge in [-0.25, -0.2) is 0 Å². The fourth-order valence-corrected chi connectivity index (χ4v) is 4.09. The van der Waals surface area contributed by atoms with Crippen molar-refractivity contribution < 1.29 is 4.74 Å². The number of hydrogen-bond acceptors (Lipinski definition) is 5. The third-order valence-corrected chi connectivity index (χ3v) is 5.95. The van der Waals surface area contributed by atoms with Crippen LogP contribution in [0.25, 0.3) is 0 Å². The zero-order valence-electron chi connectivity index (χ0n) is 19.9. The molecule has 1 saturated heterocycles. The van der Waals surface area contributed by atoms with Crippen LogP contribution < -0.4 is 15.4 Å². The molecular weight excluding hydrogens is 402 g/mol. The van der Waals surface area contributed by atoms with E-state index in [0.717, 1.165) is 75.9 Å². The van der Waals surface area contributed by atoms with Crippen molar-refractivity contribution in [3.05, 3.63) is 42.0 Å². The van der Waals surface area contributed by atoms with Gasteiger partial charge in [0, 0.05) is 45.2 Å². The molecule has 0 aliphatic carbocycles. The number of nitrogens with one attached hydrogen (secondary N) is 2. The van der Waals surface area contributed by atoms with Crippen molar-refractivity contribution in [2.75, 3.05) is 39.8 Å². The summed E-state index contributed by atoms with van der Waals surface area (Å²) in [6.45, 7) is 10.2. The molecule has 1 aromatic carbocycles. The summed E-state index contributed by atoms with van der Waals surface area (Å²) < 4.78 is 7.35. The zero-order valence-corrected chi connectivity index (χ0v) is 19.9. The van der Waals surface area contributed by atoms with Gasteiger partial charge in [-0.3, -0.25) is 4.99 Å². The van der Waals surface area contributed by atoms with Crippen LogP contribution >= 0.6 is 0 Å². The van der Waals surface area contributed by atoms with Gasteiger partial charge in [0.05, 0.1) is 7.11 Å². The highest BCUT2D eigenvalue weighted by molar-refractivity contribution is 5.80. The van der Waals surface area contributed by atoms with Crippen LogP contribution in [0.5, 0.6) is 5.75 Å². The van der Waals surface area contributed by atoms with Crippen molar-refractivity contribution in [1.82, 2.24) is 30.3 Å². The minimum atomic E-state index is 0.469. The SMILES string of the molecule is CCCN1CCC(NC(=NCCc2ccc(OC)cc2)NCCn2cnnc2CC)CC1. The second-order valence-electron chi connectivity index (χ2n) is 8.31. The van der Waals surface area contributed by atoms with E-state index >= 15 is 0 Å². The first-order valence-electron chi connectivity index (χ1n) is 12.0. The van der Waals surface area contributed by atoms with Crippen molar-refractivity contribution in [3.8, 4) is 5.75 Å². The summed E-state index contributed by atoms with van der Waals surface area (Å²) in [5, 5.41) is 15.4. The number of aryl methyl sites for hydroxylation is 1. The summed E-state index contributed by atoms with van der Waals surface area (Å²) in [7, 11) is 1.69. The lowest BCUT2D eigenvalue weighted by atomic mass is 10.1. The minimum absolute atomic E-state index is 0.469. The fraction of sp³-hybridized carbons (Fsp3) is 0.625. The Labute approximate surface area is 192 Å². The lowest BCUT2D eigenvalue weighted by molar-refractivity contribution is 0.206. The van der Waals surface area contributed by atoms with E-state index in [1.54, 1.807) is 13.4 Å². The van der Waals surface area contributed by atoms with Gasteiger partial charge in [0.25, 0.3) is 0 Å². The number of piperidine rings is 1. The Hall–Kier alpha value is -2.61. The lowest BCUT2D eigenvalue weighted by Crippen LogP contribution is -2.49. The van der Waals surface area contributed by atoms with Crippen LogP contribution in [0.2, 0.25) is 0 Å². The Morgan fingerprint density at radius 3 is 2.62 bits per heavy atom. The van der Waals surface area contributed by atoms with E-state index in [0.29, 0.717) is 6.04 Å². The third-order valence-electron chi connectivity index (χ3n) is 5.95. The molecule has 0 amide bonds. The van der Waals surface area contributed by atoms with Gasteiger partial charge >= 0.3 is 0 Å². The van der Waals surface area contributed by atoms with E-state index in [1.807, 2.05) is 12.1 Å². The molecule has 2 N–H and O–H groups in total. The number of hydrogen-bond donors (Lipinski definition) is 2. The van der Waals surface area contributed by atoms with E-state index in [4.69, 9.17) is 9.73 Å². The molecule has 8 nitrogen and oxygen atoms in total. The summed E-state index contributed by atoms with van der Waals surface area (Å²) in [6.07, 6.45) is 7.13. The smallest absolute Gasteiger partial charge is 0.191 e. The molecule has 2 aromatic rings. The normalized spacial score (nSPS) is 15.7. The summed E-state index contributed by atoms with van der Waals surface area (Å²) in [5.41, 5.74) is 1.26. The van der Waals surface area contributed by atoms with Crippen LogP contribution in [0.3, 0.4) is 0 Å². The predicted molar refractivity (Wildman–Crippen MR) is 129 cm³/mol. The number of aromatic nitrogens is 3. The number of benzene rings is 1. The lowest BCUT2D eigenvalue weighted by Gasteiger charge is -2.33. The van der Waals surface area contributed by atoms with Gasteiger partial charge in [0.2, 0.25) is 0 Å². The summed E-state index contributed by atoms with van der Waals surface area (Å²) in [6, 6.07) is 8.69. The molecule has 32 heavy (non-hydrogen) atoms. The number of ether oxygens (including phenoxy) is 1. The molecule has 0 bridgehead atoms. The molecule has 0 saturated carbocycles. The van der Waals surface area contributed by atoms with Gasteiger partial charge in [0.1, 0.15) is 17.9 Å². The number of aliphatic imine (C=N–C) groups is 1. The van der Waals surface area contributed by atoms with E-state index < -0.39 is 0 Å². The fourth-order valence-electron chi connectivity index (χ4n) is 4.09. The Bertz CT molecular complexity index is 810. The average molecular weight is 442 g/mol. The molecule has 1 aliphatic heterocycles. The second kappa shape index (κ2) is 13.1. The van der Waals surface area contributed by atoms with Gasteiger partial charge in [-0.1, -0.05) is 26.0 Å². The largest absolute Gasteiger partial charge is 0.497 e. The third kappa shape index (κ3) is 7.51. The predicted octanol–water partition coefficient (Wildman–Crippen LogP) is 2.50. The molecule has 0 unspecified atom stereocenters. The number of methoxy groups -OCH3 is 1. The van der Waals surface area contributed by atoms with Gasteiger partial charge < -0.3 is 24.8 Å². The van der Waals surface area contributed by atoms with Crippen LogP contribution in [0.1, 0.15) is 44.5 Å². The average Bonchev–Trinajstić information content (AvgIpc) is 3.28. The molecule has 1 fully saturated rings. The van der Waals surface area contributed by atoms with Gasteiger partial charge in [0.15, 0.2) is 5.96 Å². The summed E-state index contributed by atoms with van der Waals surface area (Å²) in [5.74, 6) is 2.80. The molecule has 176 valence electrons. The standard InChI is InChI=1S/C24H39N7O/c1-4-15-30-16-11-21(12-17-30)28-24(26-14-18-31-19-27-29-23(31)5-2)25-13-10-20-6-8-22(32-3)9-7-20/h6-9,19,21H,4-5,10-18H2,1-3H3,(H2,25,26,28). The maximum Gasteiger partial charge on any atom is 0.191 e. The van der Waals surface area contributed by atoms with Crippen LogP contribution in [-0.4, -0.2) is 71.5 Å². The molecule has 2 heterocycles. The summed E-state index contributed by atoms with van der Waals surface area (Å²) in [4.78, 5) is 7.44. The first-order valence-corrected chi connectivity index (χ1v) is 12.0. The molecule has 0 atom stereocenters. The van der Waals surface area contributed by atoms with Crippen molar-refractivity contribution in [2.45, 2.75) is 58.5 Å². The van der Waals surface area contributed by atoms with E-state index in [1.165, 1.54) is 18.5 Å². The highest BCUT2D eigenvalue weighted by atomic mass is 16.5. The van der Waals surface area contributed by atoms with Gasteiger partial charge in [-0.05, 0) is 49.9 Å². The van der Waals surface area contributed by atoms with Crippen molar-refractivity contribution in [1.29, 1.82) is 0 Å². The molecule has 0 spiro atoms. The van der Waals surface area contributed by atoms with Gasteiger partial charge in [-0.15, -0.1) is 10.2 Å². The Kier molecular flexibility index (Phi) is 9.81. The number of guanidine groups is 1.